The third-order valence-corrected chi connectivity index (χ3v) is 2.48. The van der Waals surface area contributed by atoms with E-state index < -0.39 is 0 Å². The number of thiocarbonyl (C=S) groups is 1. The van der Waals surface area contributed by atoms with Crippen molar-refractivity contribution in [3.63, 3.8) is 0 Å². The molecule has 1 aromatic carbocycles. The van der Waals surface area contributed by atoms with E-state index in [-0.39, 0.29) is 6.17 Å². The summed E-state index contributed by atoms with van der Waals surface area (Å²) in [5, 5.41) is 4.90. The average molecular weight is 204 g/mol. The smallest absolute Gasteiger partial charge is 0.128 e. The largest absolute Gasteiger partial charge is 0.366 e. The van der Waals surface area contributed by atoms with E-state index in [1.165, 1.54) is 5.56 Å². The summed E-state index contributed by atoms with van der Waals surface area (Å²) in [5.41, 5.74) is 1.29. The van der Waals surface area contributed by atoms with E-state index in [4.69, 9.17) is 12.2 Å². The zero-order valence-corrected chi connectivity index (χ0v) is 8.58. The molecule has 2 nitrogen and oxygen atoms in total. The van der Waals surface area contributed by atoms with Crippen molar-refractivity contribution in [2.45, 2.75) is 12.7 Å². The molecule has 0 spiro atoms. The van der Waals surface area contributed by atoms with Crippen LogP contribution in [0.25, 0.3) is 0 Å². The minimum atomic E-state index is 0.158. The lowest BCUT2D eigenvalue weighted by molar-refractivity contribution is 0.341. The molecule has 0 saturated heterocycles. The summed E-state index contributed by atoms with van der Waals surface area (Å²) in [5.74, 6) is 0. The van der Waals surface area contributed by atoms with Crippen molar-refractivity contribution < 1.29 is 0 Å². The van der Waals surface area contributed by atoms with Crippen molar-refractivity contribution >= 4 is 17.6 Å². The molecule has 0 fully saturated rings. The summed E-state index contributed by atoms with van der Waals surface area (Å²) < 4.78 is 0. The lowest BCUT2D eigenvalue weighted by atomic mass is 10.2. The predicted octanol–water partition coefficient (Wildman–Crippen LogP) is 1.89. The Hall–Kier alpha value is -1.35. The molecule has 14 heavy (non-hydrogen) atoms. The van der Waals surface area contributed by atoms with Gasteiger partial charge in [-0.3, -0.25) is 0 Å². The number of hydrogen-bond acceptors (Lipinski definition) is 3. The minimum absolute atomic E-state index is 0.158. The predicted molar refractivity (Wildman–Crippen MR) is 61.7 cm³/mol. The van der Waals surface area contributed by atoms with E-state index in [2.05, 4.69) is 34.5 Å². The highest BCUT2D eigenvalue weighted by molar-refractivity contribution is 7.79. The molecule has 1 aliphatic heterocycles. The normalized spacial score (nSPS) is 19.4. The number of benzene rings is 1. The summed E-state index contributed by atoms with van der Waals surface area (Å²) in [6.45, 7) is 0.891. The van der Waals surface area contributed by atoms with E-state index in [1.54, 1.807) is 5.37 Å². The van der Waals surface area contributed by atoms with Gasteiger partial charge in [-0.25, -0.2) is 0 Å². The van der Waals surface area contributed by atoms with Gasteiger partial charge < -0.3 is 10.2 Å². The molecule has 0 bridgehead atoms. The van der Waals surface area contributed by atoms with Crippen molar-refractivity contribution in [2.75, 3.05) is 0 Å². The van der Waals surface area contributed by atoms with Crippen LogP contribution in [0.3, 0.4) is 0 Å². The topological polar surface area (TPSA) is 15.3 Å². The third-order valence-electron chi connectivity index (χ3n) is 2.23. The fourth-order valence-electron chi connectivity index (χ4n) is 1.49. The van der Waals surface area contributed by atoms with Crippen LogP contribution in [-0.2, 0) is 6.54 Å². The quantitative estimate of drug-likeness (QED) is 0.757. The maximum absolute atomic E-state index is 4.94. The molecule has 3 heteroatoms. The Morgan fingerprint density at radius 3 is 2.86 bits per heavy atom. The van der Waals surface area contributed by atoms with Gasteiger partial charge in [-0.1, -0.05) is 42.5 Å². The van der Waals surface area contributed by atoms with Crippen molar-refractivity contribution in [1.29, 1.82) is 0 Å². The molecule has 1 aliphatic rings. The van der Waals surface area contributed by atoms with Gasteiger partial charge in [0.2, 0.25) is 0 Å². The van der Waals surface area contributed by atoms with E-state index in [0.717, 1.165) is 6.54 Å². The minimum Gasteiger partial charge on any atom is -0.366 e. The van der Waals surface area contributed by atoms with Gasteiger partial charge in [-0.2, -0.15) is 0 Å². The van der Waals surface area contributed by atoms with E-state index in [1.807, 2.05) is 18.5 Å². The Morgan fingerprint density at radius 2 is 2.14 bits per heavy atom. The van der Waals surface area contributed by atoms with Crippen LogP contribution < -0.4 is 5.32 Å². The maximum atomic E-state index is 4.94. The molecule has 0 radical (unpaired) electrons. The Labute approximate surface area is 89.2 Å². The molecule has 0 aromatic heterocycles. The summed E-state index contributed by atoms with van der Waals surface area (Å²) in [7, 11) is 0. The lowest BCUT2D eigenvalue weighted by Gasteiger charge is -2.21. The Bertz CT molecular complexity index is 334. The van der Waals surface area contributed by atoms with E-state index in [0.29, 0.717) is 0 Å². The van der Waals surface area contributed by atoms with Gasteiger partial charge in [0.15, 0.2) is 0 Å². The summed E-state index contributed by atoms with van der Waals surface area (Å²) in [6.07, 6.45) is 4.11. The van der Waals surface area contributed by atoms with Crippen LogP contribution >= 0.6 is 12.2 Å². The Kier molecular flexibility index (Phi) is 2.79. The van der Waals surface area contributed by atoms with Crippen LogP contribution in [0.2, 0.25) is 0 Å². The molecule has 2 rings (SSSR count). The molecule has 72 valence electrons. The first-order valence-corrected chi connectivity index (χ1v) is 5.05. The molecule has 0 amide bonds. The second kappa shape index (κ2) is 4.24. The third kappa shape index (κ3) is 1.93. The van der Waals surface area contributed by atoms with Crippen molar-refractivity contribution in [3.8, 4) is 0 Å². The van der Waals surface area contributed by atoms with Gasteiger partial charge in [-0.15, -0.1) is 0 Å². The van der Waals surface area contributed by atoms with Crippen LogP contribution in [0, 0.1) is 0 Å². The van der Waals surface area contributed by atoms with Crippen molar-refractivity contribution in [1.82, 2.24) is 10.2 Å². The van der Waals surface area contributed by atoms with E-state index in [9.17, 15) is 0 Å². The monoisotopic (exact) mass is 204 g/mol. The molecule has 1 atom stereocenters. The second-order valence-corrected chi connectivity index (χ2v) is 3.49. The SMILES string of the molecule is S=CC1NC=CN1Cc1ccccc1. The van der Waals surface area contributed by atoms with Crippen LogP contribution in [0.15, 0.2) is 42.7 Å². The molecule has 1 aromatic rings. The van der Waals surface area contributed by atoms with Gasteiger partial charge in [0, 0.05) is 24.3 Å². The Morgan fingerprint density at radius 1 is 1.36 bits per heavy atom. The van der Waals surface area contributed by atoms with Crippen LogP contribution in [0.1, 0.15) is 5.56 Å². The first-order chi connectivity index (χ1) is 6.90. The lowest BCUT2D eigenvalue weighted by Crippen LogP contribution is -2.35. The first-order valence-electron chi connectivity index (χ1n) is 4.58. The van der Waals surface area contributed by atoms with Gasteiger partial charge >= 0.3 is 0 Å². The molecule has 1 N–H and O–H groups in total. The van der Waals surface area contributed by atoms with Crippen molar-refractivity contribution in [2.24, 2.45) is 0 Å². The Balaban J connectivity index is 2.04. The molecular formula is C11H12N2S. The highest BCUT2D eigenvalue weighted by Gasteiger charge is 2.14. The molecular weight excluding hydrogens is 192 g/mol. The summed E-state index contributed by atoms with van der Waals surface area (Å²) in [6, 6.07) is 10.4. The summed E-state index contributed by atoms with van der Waals surface area (Å²) >= 11 is 4.94. The highest BCUT2D eigenvalue weighted by atomic mass is 32.1. The average Bonchev–Trinajstić information content (AvgIpc) is 2.67. The van der Waals surface area contributed by atoms with Crippen LogP contribution in [0.5, 0.6) is 0 Å². The van der Waals surface area contributed by atoms with Gasteiger partial charge in [0.05, 0.1) is 0 Å². The maximum Gasteiger partial charge on any atom is 0.128 e. The number of nitrogens with one attached hydrogen (secondary N) is 1. The van der Waals surface area contributed by atoms with Gasteiger partial charge in [-0.05, 0) is 5.56 Å². The van der Waals surface area contributed by atoms with Crippen molar-refractivity contribution in [3.05, 3.63) is 48.3 Å². The fourth-order valence-corrected chi connectivity index (χ4v) is 1.72. The summed E-state index contributed by atoms with van der Waals surface area (Å²) in [4.78, 5) is 2.17. The second-order valence-electron chi connectivity index (χ2n) is 3.22. The van der Waals surface area contributed by atoms with Crippen LogP contribution in [-0.4, -0.2) is 16.4 Å². The highest BCUT2D eigenvalue weighted by Crippen LogP contribution is 2.10. The number of rotatable bonds is 3. The zero-order chi connectivity index (χ0) is 9.80. The molecule has 0 aliphatic carbocycles. The van der Waals surface area contributed by atoms with E-state index >= 15 is 0 Å². The molecule has 0 saturated carbocycles. The van der Waals surface area contributed by atoms with Gasteiger partial charge in [0.1, 0.15) is 6.17 Å². The first kappa shape index (κ1) is 9.21. The number of hydrogen-bond donors (Lipinski definition) is 1. The zero-order valence-electron chi connectivity index (χ0n) is 7.76. The fraction of sp³-hybridized carbons (Fsp3) is 0.182. The standard InChI is InChI=1S/C11H12N2S/c14-9-11-12-6-7-13(11)8-10-4-2-1-3-5-10/h1-7,9,11-12H,8H2. The van der Waals surface area contributed by atoms with Gasteiger partial charge in [0.25, 0.3) is 0 Å². The van der Waals surface area contributed by atoms with Crippen LogP contribution in [0.4, 0.5) is 0 Å². The number of nitrogens with zero attached hydrogens (tertiary/aromatic N) is 1. The molecule has 1 unspecified atom stereocenters. The molecule has 1 heterocycles.